The van der Waals surface area contributed by atoms with Gasteiger partial charge in [-0.15, -0.1) is 0 Å². The molecule has 21 heavy (non-hydrogen) atoms. The molecular weight excluding hydrogens is 267 g/mol. The van der Waals surface area contributed by atoms with Crippen molar-refractivity contribution in [2.75, 3.05) is 19.6 Å². The molecular formula is C17H27FN2O. The maximum absolute atomic E-state index is 13.5. The van der Waals surface area contributed by atoms with Crippen LogP contribution < -0.4 is 5.32 Å². The van der Waals surface area contributed by atoms with Gasteiger partial charge < -0.3 is 10.4 Å². The van der Waals surface area contributed by atoms with E-state index in [9.17, 15) is 9.50 Å². The van der Waals surface area contributed by atoms with Crippen molar-refractivity contribution in [3.63, 3.8) is 0 Å². The number of nitrogens with one attached hydrogen (secondary N) is 1. The third-order valence-electron chi connectivity index (χ3n) is 4.53. The lowest BCUT2D eigenvalue weighted by Gasteiger charge is -2.37. The summed E-state index contributed by atoms with van der Waals surface area (Å²) < 4.78 is 13.5. The highest BCUT2D eigenvalue weighted by Crippen LogP contribution is 2.31. The average Bonchev–Trinajstić information content (AvgIpc) is 2.47. The van der Waals surface area contributed by atoms with Crippen LogP contribution in [0.1, 0.15) is 45.2 Å². The van der Waals surface area contributed by atoms with Crippen LogP contribution in [-0.2, 0) is 0 Å². The second-order valence-corrected chi connectivity index (χ2v) is 6.36. The van der Waals surface area contributed by atoms with E-state index in [1.54, 1.807) is 0 Å². The number of aromatic hydroxyl groups is 1. The molecule has 3 nitrogen and oxygen atoms in total. The number of phenolic OH excluding ortho intramolecular Hbond substituents is 1. The number of hydrogen-bond donors (Lipinski definition) is 2. The van der Waals surface area contributed by atoms with Crippen molar-refractivity contribution in [3.8, 4) is 5.75 Å². The van der Waals surface area contributed by atoms with E-state index < -0.39 is 0 Å². The zero-order valence-corrected chi connectivity index (χ0v) is 13.3. The smallest absolute Gasteiger partial charge is 0.123 e. The zero-order chi connectivity index (χ0) is 15.4. The van der Waals surface area contributed by atoms with Gasteiger partial charge in [-0.1, -0.05) is 0 Å². The van der Waals surface area contributed by atoms with E-state index in [1.165, 1.54) is 31.0 Å². The third kappa shape index (κ3) is 4.17. The Labute approximate surface area is 127 Å². The topological polar surface area (TPSA) is 35.5 Å². The van der Waals surface area contributed by atoms with E-state index in [1.807, 2.05) is 0 Å². The van der Waals surface area contributed by atoms with Gasteiger partial charge in [0.25, 0.3) is 0 Å². The highest BCUT2D eigenvalue weighted by atomic mass is 19.1. The number of hydrogen-bond acceptors (Lipinski definition) is 3. The molecule has 4 heteroatoms. The average molecular weight is 294 g/mol. The second kappa shape index (κ2) is 7.23. The minimum Gasteiger partial charge on any atom is -0.508 e. The molecule has 1 aromatic carbocycles. The SMILES string of the molecule is CC(C)N(CC1CCNCC1)C(C)c1cc(F)ccc1O. The number of phenols is 1. The van der Waals surface area contributed by atoms with Crippen molar-refractivity contribution in [1.82, 2.24) is 10.2 Å². The van der Waals surface area contributed by atoms with Crippen LogP contribution in [0.25, 0.3) is 0 Å². The van der Waals surface area contributed by atoms with Gasteiger partial charge in [-0.25, -0.2) is 4.39 Å². The van der Waals surface area contributed by atoms with Crippen LogP contribution in [0.3, 0.4) is 0 Å². The van der Waals surface area contributed by atoms with E-state index in [4.69, 9.17) is 0 Å². The molecule has 0 amide bonds. The first-order chi connectivity index (χ1) is 9.99. The van der Waals surface area contributed by atoms with E-state index in [0.29, 0.717) is 17.5 Å². The Morgan fingerprint density at radius 3 is 2.57 bits per heavy atom. The van der Waals surface area contributed by atoms with Crippen LogP contribution in [0.2, 0.25) is 0 Å². The van der Waals surface area contributed by atoms with Gasteiger partial charge in [-0.05, 0) is 70.8 Å². The molecule has 1 atom stereocenters. The molecule has 1 fully saturated rings. The lowest BCUT2D eigenvalue weighted by Crippen LogP contribution is -2.40. The van der Waals surface area contributed by atoms with Gasteiger partial charge in [0.1, 0.15) is 11.6 Å². The quantitative estimate of drug-likeness (QED) is 0.874. The van der Waals surface area contributed by atoms with Gasteiger partial charge in [-0.3, -0.25) is 4.90 Å². The van der Waals surface area contributed by atoms with Crippen molar-refractivity contribution >= 4 is 0 Å². The van der Waals surface area contributed by atoms with Gasteiger partial charge in [0.2, 0.25) is 0 Å². The van der Waals surface area contributed by atoms with Gasteiger partial charge in [-0.2, -0.15) is 0 Å². The molecule has 2 N–H and O–H groups in total. The molecule has 0 spiro atoms. The van der Waals surface area contributed by atoms with Crippen molar-refractivity contribution in [3.05, 3.63) is 29.6 Å². The first-order valence-electron chi connectivity index (χ1n) is 7.94. The highest BCUT2D eigenvalue weighted by molar-refractivity contribution is 5.35. The minimum atomic E-state index is -0.291. The molecule has 0 aliphatic carbocycles. The van der Waals surface area contributed by atoms with Crippen molar-refractivity contribution < 1.29 is 9.50 Å². The second-order valence-electron chi connectivity index (χ2n) is 6.36. The van der Waals surface area contributed by atoms with Gasteiger partial charge in [0.15, 0.2) is 0 Å². The Morgan fingerprint density at radius 1 is 1.29 bits per heavy atom. The Bertz CT molecular complexity index is 458. The largest absolute Gasteiger partial charge is 0.508 e. The molecule has 1 unspecified atom stereocenters. The van der Waals surface area contributed by atoms with Crippen molar-refractivity contribution in [2.45, 2.75) is 45.7 Å². The monoisotopic (exact) mass is 294 g/mol. The Hall–Kier alpha value is -1.13. The summed E-state index contributed by atoms with van der Waals surface area (Å²) in [5, 5.41) is 13.4. The zero-order valence-electron chi connectivity index (χ0n) is 13.3. The fourth-order valence-electron chi connectivity index (χ4n) is 3.22. The number of rotatable bonds is 5. The summed E-state index contributed by atoms with van der Waals surface area (Å²) in [6.07, 6.45) is 2.37. The Morgan fingerprint density at radius 2 is 1.95 bits per heavy atom. The predicted molar refractivity (Wildman–Crippen MR) is 83.9 cm³/mol. The normalized spacial score (nSPS) is 18.4. The van der Waals surface area contributed by atoms with Crippen molar-refractivity contribution in [2.24, 2.45) is 5.92 Å². The summed E-state index contributed by atoms with van der Waals surface area (Å²) in [5.41, 5.74) is 0.678. The Balaban J connectivity index is 2.14. The number of nitrogens with zero attached hydrogens (tertiary/aromatic N) is 1. The van der Waals surface area contributed by atoms with Crippen LogP contribution in [0.4, 0.5) is 4.39 Å². The van der Waals surface area contributed by atoms with Crippen LogP contribution in [0, 0.1) is 11.7 Å². The van der Waals surface area contributed by atoms with E-state index in [0.717, 1.165) is 19.6 Å². The number of benzene rings is 1. The van der Waals surface area contributed by atoms with Crippen LogP contribution in [0.15, 0.2) is 18.2 Å². The molecule has 1 aliphatic heterocycles. The summed E-state index contributed by atoms with van der Waals surface area (Å²) >= 11 is 0. The minimum absolute atomic E-state index is 0.00980. The maximum Gasteiger partial charge on any atom is 0.123 e. The fourth-order valence-corrected chi connectivity index (χ4v) is 3.22. The molecule has 0 bridgehead atoms. The lowest BCUT2D eigenvalue weighted by atomic mass is 9.95. The number of halogens is 1. The first-order valence-corrected chi connectivity index (χ1v) is 7.94. The molecule has 0 radical (unpaired) electrons. The molecule has 1 heterocycles. The number of piperidine rings is 1. The van der Waals surface area contributed by atoms with Crippen LogP contribution >= 0.6 is 0 Å². The molecule has 1 saturated heterocycles. The van der Waals surface area contributed by atoms with Crippen LogP contribution in [-0.4, -0.2) is 35.7 Å². The summed E-state index contributed by atoms with van der Waals surface area (Å²) in [7, 11) is 0. The van der Waals surface area contributed by atoms with E-state index in [2.05, 4.69) is 31.0 Å². The van der Waals surface area contributed by atoms with Gasteiger partial charge >= 0.3 is 0 Å². The van der Waals surface area contributed by atoms with Gasteiger partial charge in [0.05, 0.1) is 0 Å². The summed E-state index contributed by atoms with van der Waals surface area (Å²) in [6, 6.07) is 4.58. The lowest BCUT2D eigenvalue weighted by molar-refractivity contribution is 0.123. The molecule has 0 saturated carbocycles. The van der Waals surface area contributed by atoms with E-state index in [-0.39, 0.29) is 17.6 Å². The molecule has 0 aromatic heterocycles. The fraction of sp³-hybridized carbons (Fsp3) is 0.647. The molecule has 1 aromatic rings. The molecule has 118 valence electrons. The summed E-state index contributed by atoms with van der Waals surface area (Å²) in [5.74, 6) is 0.562. The van der Waals surface area contributed by atoms with Crippen molar-refractivity contribution in [1.29, 1.82) is 0 Å². The standard InChI is InChI=1S/C17H27FN2O/c1-12(2)20(11-14-6-8-19-9-7-14)13(3)16-10-15(18)4-5-17(16)21/h4-5,10,12-14,19,21H,6-9,11H2,1-3H3. The maximum atomic E-state index is 13.5. The summed E-state index contributed by atoms with van der Waals surface area (Å²) in [4.78, 5) is 2.37. The van der Waals surface area contributed by atoms with Gasteiger partial charge in [0, 0.05) is 24.2 Å². The molecule has 2 rings (SSSR count). The highest BCUT2D eigenvalue weighted by Gasteiger charge is 2.25. The third-order valence-corrected chi connectivity index (χ3v) is 4.53. The predicted octanol–water partition coefficient (Wildman–Crippen LogP) is 3.30. The molecule has 1 aliphatic rings. The first kappa shape index (κ1) is 16.2. The van der Waals surface area contributed by atoms with Crippen LogP contribution in [0.5, 0.6) is 5.75 Å². The van der Waals surface area contributed by atoms with E-state index >= 15 is 0 Å². The Kier molecular flexibility index (Phi) is 5.59. The summed E-state index contributed by atoms with van der Waals surface area (Å²) in [6.45, 7) is 9.53.